The van der Waals surface area contributed by atoms with Crippen LogP contribution in [0.5, 0.6) is 5.75 Å². The lowest BCUT2D eigenvalue weighted by atomic mass is 10.0. The van der Waals surface area contributed by atoms with Gasteiger partial charge < -0.3 is 19.7 Å². The number of nitro groups is 2. The van der Waals surface area contributed by atoms with Crippen LogP contribution in [-0.2, 0) is 4.74 Å². The highest BCUT2D eigenvalue weighted by Gasteiger charge is 2.29. The largest absolute Gasteiger partial charge is 0.496 e. The molecule has 11 nitrogen and oxygen atoms in total. The van der Waals surface area contributed by atoms with E-state index < -0.39 is 27.2 Å². The van der Waals surface area contributed by atoms with Crippen LogP contribution in [0.15, 0.2) is 36.4 Å². The maximum atomic E-state index is 12.2. The van der Waals surface area contributed by atoms with Gasteiger partial charge >= 0.3 is 5.97 Å². The number of carbonyl (C=O) groups excluding carboxylic acids is 1. The molecule has 0 radical (unpaired) electrons. The van der Waals surface area contributed by atoms with Gasteiger partial charge in [0.15, 0.2) is 0 Å². The number of hydrogen-bond acceptors (Lipinski definition) is 9. The Hall–Kier alpha value is -3.73. The van der Waals surface area contributed by atoms with Crippen LogP contribution in [-0.4, -0.2) is 55.6 Å². The van der Waals surface area contributed by atoms with Gasteiger partial charge in [-0.05, 0) is 20.2 Å². The summed E-state index contributed by atoms with van der Waals surface area (Å²) in [7, 11) is 6.28. The fourth-order valence-electron chi connectivity index (χ4n) is 3.03. The van der Waals surface area contributed by atoms with E-state index in [4.69, 9.17) is 4.74 Å². The van der Waals surface area contributed by atoms with Crippen LogP contribution in [0, 0.1) is 20.2 Å². The second kappa shape index (κ2) is 9.65. The fourth-order valence-corrected chi connectivity index (χ4v) is 3.03. The minimum atomic E-state index is -0.928. The molecular formula is C19H22N4O7. The van der Waals surface area contributed by atoms with Gasteiger partial charge in [-0.15, -0.1) is 0 Å². The summed E-state index contributed by atoms with van der Waals surface area (Å²) >= 11 is 0. The third kappa shape index (κ3) is 4.81. The number of methoxy groups -OCH3 is 2. The molecule has 30 heavy (non-hydrogen) atoms. The molecule has 1 atom stereocenters. The summed E-state index contributed by atoms with van der Waals surface area (Å²) in [6.07, 6.45) is 0. The third-order valence-corrected chi connectivity index (χ3v) is 4.51. The Morgan fingerprint density at radius 3 is 2.33 bits per heavy atom. The van der Waals surface area contributed by atoms with Gasteiger partial charge in [0.25, 0.3) is 11.4 Å². The lowest BCUT2D eigenvalue weighted by molar-refractivity contribution is -0.393. The van der Waals surface area contributed by atoms with E-state index in [1.165, 1.54) is 7.11 Å². The van der Waals surface area contributed by atoms with E-state index in [9.17, 15) is 25.0 Å². The third-order valence-electron chi connectivity index (χ3n) is 4.51. The zero-order valence-electron chi connectivity index (χ0n) is 16.9. The summed E-state index contributed by atoms with van der Waals surface area (Å²) in [6, 6.07) is 8.77. The normalized spacial score (nSPS) is 11.6. The first-order chi connectivity index (χ1) is 14.2. The van der Waals surface area contributed by atoms with Crippen molar-refractivity contribution in [2.45, 2.75) is 6.04 Å². The van der Waals surface area contributed by atoms with Crippen LogP contribution >= 0.6 is 0 Å². The molecule has 1 N–H and O–H groups in total. The smallest absolute Gasteiger partial charge is 0.340 e. The van der Waals surface area contributed by atoms with E-state index in [1.54, 1.807) is 6.07 Å². The van der Waals surface area contributed by atoms with E-state index in [0.717, 1.165) is 24.8 Å². The van der Waals surface area contributed by atoms with Crippen molar-refractivity contribution in [3.63, 3.8) is 0 Å². The van der Waals surface area contributed by atoms with Gasteiger partial charge in [-0.1, -0.05) is 18.2 Å². The highest BCUT2D eigenvalue weighted by atomic mass is 16.6. The van der Waals surface area contributed by atoms with Gasteiger partial charge in [0.1, 0.15) is 11.4 Å². The summed E-state index contributed by atoms with van der Waals surface area (Å²) in [4.78, 5) is 35.2. The zero-order valence-corrected chi connectivity index (χ0v) is 16.9. The molecule has 0 aliphatic carbocycles. The number of nitro benzene ring substituents is 2. The molecule has 2 aromatic rings. The van der Waals surface area contributed by atoms with E-state index in [1.807, 2.05) is 37.2 Å². The minimum absolute atomic E-state index is 0.149. The first-order valence-corrected chi connectivity index (χ1v) is 8.79. The molecule has 1 unspecified atom stereocenters. The van der Waals surface area contributed by atoms with Gasteiger partial charge in [0.05, 0.1) is 41.7 Å². The van der Waals surface area contributed by atoms with Gasteiger partial charge in [0, 0.05) is 18.2 Å². The zero-order chi connectivity index (χ0) is 22.4. The Bertz CT molecular complexity index is 962. The summed E-state index contributed by atoms with van der Waals surface area (Å²) in [5, 5.41) is 25.6. The Morgan fingerprint density at radius 2 is 1.80 bits per heavy atom. The number of ether oxygens (including phenoxy) is 2. The molecular weight excluding hydrogens is 396 g/mol. The SMILES string of the molecule is COC(=O)c1cc([N+](=O)[O-])cc([N+](=O)[O-])c1NCC(c1ccccc1OC)N(C)C. The number of nitrogens with zero attached hydrogens (tertiary/aromatic N) is 3. The first-order valence-electron chi connectivity index (χ1n) is 8.79. The second-order valence-electron chi connectivity index (χ2n) is 6.50. The second-order valence-corrected chi connectivity index (χ2v) is 6.50. The average molecular weight is 418 g/mol. The minimum Gasteiger partial charge on any atom is -0.496 e. The van der Waals surface area contributed by atoms with Crippen LogP contribution in [0.4, 0.5) is 17.1 Å². The standard InChI is InChI=1S/C19H22N4O7/c1-21(2)16(13-7-5-6-8-17(13)29-3)11-20-18-14(19(24)30-4)9-12(22(25)26)10-15(18)23(27)28/h5-10,16,20H,11H2,1-4H3. The number of nitrogens with one attached hydrogen (secondary N) is 1. The highest BCUT2D eigenvalue weighted by Crippen LogP contribution is 2.35. The van der Waals surface area contributed by atoms with Crippen molar-refractivity contribution in [2.75, 3.05) is 40.2 Å². The van der Waals surface area contributed by atoms with Crippen molar-refractivity contribution in [1.29, 1.82) is 0 Å². The van der Waals surface area contributed by atoms with Crippen molar-refractivity contribution < 1.29 is 24.1 Å². The van der Waals surface area contributed by atoms with Crippen LogP contribution in [0.25, 0.3) is 0 Å². The number of esters is 1. The van der Waals surface area contributed by atoms with Crippen LogP contribution in [0.2, 0.25) is 0 Å². The molecule has 2 rings (SSSR count). The molecule has 0 aliphatic rings. The van der Waals surface area contributed by atoms with Gasteiger partial charge in [-0.2, -0.15) is 0 Å². The van der Waals surface area contributed by atoms with Crippen LogP contribution in [0.1, 0.15) is 22.0 Å². The number of hydrogen-bond donors (Lipinski definition) is 1. The lowest BCUT2D eigenvalue weighted by Crippen LogP contribution is -2.28. The van der Waals surface area contributed by atoms with E-state index in [2.05, 4.69) is 10.1 Å². The topological polar surface area (TPSA) is 137 Å². The summed E-state index contributed by atoms with van der Waals surface area (Å²) in [5.74, 6) is -0.299. The van der Waals surface area contributed by atoms with Gasteiger partial charge in [0.2, 0.25) is 0 Å². The molecule has 0 saturated carbocycles. The molecule has 0 spiro atoms. The number of likely N-dealkylation sites (N-methyl/N-ethyl adjacent to an activating group) is 1. The van der Waals surface area contributed by atoms with E-state index >= 15 is 0 Å². The lowest BCUT2D eigenvalue weighted by Gasteiger charge is -2.27. The fraction of sp³-hybridized carbons (Fsp3) is 0.316. The highest BCUT2D eigenvalue weighted by molar-refractivity contribution is 5.99. The molecule has 0 aromatic heterocycles. The van der Waals surface area contributed by atoms with E-state index in [0.29, 0.717) is 5.75 Å². The average Bonchev–Trinajstić information content (AvgIpc) is 2.72. The monoisotopic (exact) mass is 418 g/mol. The van der Waals surface area contributed by atoms with Crippen molar-refractivity contribution in [3.8, 4) is 5.75 Å². The molecule has 0 saturated heterocycles. The van der Waals surface area contributed by atoms with Crippen molar-refractivity contribution in [2.24, 2.45) is 0 Å². The number of anilines is 1. The maximum Gasteiger partial charge on any atom is 0.340 e. The maximum absolute atomic E-state index is 12.2. The van der Waals surface area contributed by atoms with Crippen LogP contribution in [0.3, 0.4) is 0 Å². The van der Waals surface area contributed by atoms with Gasteiger partial charge in [-0.25, -0.2) is 4.79 Å². The summed E-state index contributed by atoms with van der Waals surface area (Å²) < 4.78 is 10.1. The molecule has 11 heteroatoms. The Balaban J connectivity index is 2.53. The van der Waals surface area contributed by atoms with Crippen LogP contribution < -0.4 is 10.1 Å². The first kappa shape index (κ1) is 22.6. The number of carbonyl (C=O) groups is 1. The molecule has 0 heterocycles. The Labute approximate surface area is 172 Å². The Morgan fingerprint density at radius 1 is 1.13 bits per heavy atom. The van der Waals surface area contributed by atoms with Crippen molar-refractivity contribution in [3.05, 3.63) is 67.8 Å². The predicted molar refractivity (Wildman–Crippen MR) is 109 cm³/mol. The van der Waals surface area contributed by atoms with Gasteiger partial charge in [-0.3, -0.25) is 20.2 Å². The summed E-state index contributed by atoms with van der Waals surface area (Å²) in [5.41, 5.74) is -0.805. The quantitative estimate of drug-likeness (QED) is 0.370. The number of para-hydroxylation sites is 1. The molecule has 2 aromatic carbocycles. The number of non-ortho nitro benzene ring substituents is 1. The predicted octanol–water partition coefficient (Wildman–Crippen LogP) is 3.01. The summed E-state index contributed by atoms with van der Waals surface area (Å²) in [6.45, 7) is 0.149. The molecule has 160 valence electrons. The Kier molecular flexibility index (Phi) is 7.26. The molecule has 0 aliphatic heterocycles. The molecule has 0 fully saturated rings. The molecule has 0 amide bonds. The van der Waals surface area contributed by atoms with E-state index in [-0.39, 0.29) is 23.8 Å². The number of rotatable bonds is 9. The van der Waals surface area contributed by atoms with Crippen molar-refractivity contribution in [1.82, 2.24) is 4.90 Å². The molecule has 0 bridgehead atoms. The van der Waals surface area contributed by atoms with Crippen molar-refractivity contribution >= 4 is 23.0 Å². The number of benzene rings is 2.